The number of aromatic nitrogens is 4. The van der Waals surface area contributed by atoms with Crippen molar-refractivity contribution in [2.75, 3.05) is 24.5 Å². The molecule has 0 saturated carbocycles. The Morgan fingerprint density at radius 2 is 2.08 bits per heavy atom. The maximum atomic E-state index is 12.7. The normalized spacial score (nSPS) is 15.4. The Bertz CT molecular complexity index is 692. The monoisotopic (exact) mass is 360 g/mol. The van der Waals surface area contributed by atoms with Gasteiger partial charge in [0.2, 0.25) is 0 Å². The smallest absolute Gasteiger partial charge is 0.275 e. The van der Waals surface area contributed by atoms with Crippen LogP contribution < -0.4 is 4.90 Å². The van der Waals surface area contributed by atoms with E-state index in [1.54, 1.807) is 5.38 Å². The van der Waals surface area contributed by atoms with Gasteiger partial charge in [-0.3, -0.25) is 4.79 Å². The summed E-state index contributed by atoms with van der Waals surface area (Å²) in [4.78, 5) is 25.9. The van der Waals surface area contributed by atoms with Crippen molar-refractivity contribution in [3.63, 3.8) is 0 Å². The van der Waals surface area contributed by atoms with Crippen molar-refractivity contribution in [3.8, 4) is 0 Å². The highest BCUT2D eigenvalue weighted by molar-refractivity contribution is 7.03. The van der Waals surface area contributed by atoms with Gasteiger partial charge in [0.1, 0.15) is 11.6 Å². The lowest BCUT2D eigenvalue weighted by Crippen LogP contribution is -2.48. The molecule has 0 bridgehead atoms. The van der Waals surface area contributed by atoms with Gasteiger partial charge in [0.25, 0.3) is 5.91 Å². The van der Waals surface area contributed by atoms with E-state index in [0.717, 1.165) is 56.2 Å². The van der Waals surface area contributed by atoms with Gasteiger partial charge in [-0.1, -0.05) is 11.4 Å². The zero-order chi connectivity index (χ0) is 17.8. The van der Waals surface area contributed by atoms with Gasteiger partial charge in [-0.2, -0.15) is 0 Å². The first-order valence-electron chi connectivity index (χ1n) is 8.73. The minimum absolute atomic E-state index is 0.00257. The zero-order valence-corrected chi connectivity index (χ0v) is 15.8. The number of rotatable bonds is 5. The van der Waals surface area contributed by atoms with E-state index in [1.807, 2.05) is 24.8 Å². The van der Waals surface area contributed by atoms with E-state index in [-0.39, 0.29) is 11.9 Å². The molecule has 3 rings (SSSR count). The van der Waals surface area contributed by atoms with Gasteiger partial charge in [0.05, 0.1) is 0 Å². The summed E-state index contributed by atoms with van der Waals surface area (Å²) in [6, 6.07) is 2.28. The van der Waals surface area contributed by atoms with Gasteiger partial charge in [-0.05, 0) is 44.6 Å². The molecule has 0 spiro atoms. The van der Waals surface area contributed by atoms with Crippen LogP contribution in [0.1, 0.15) is 48.2 Å². The summed E-state index contributed by atoms with van der Waals surface area (Å²) in [6.45, 7) is 8.56. The molecule has 134 valence electrons. The first kappa shape index (κ1) is 17.7. The second kappa shape index (κ2) is 7.86. The third kappa shape index (κ3) is 4.12. The molecular weight excluding hydrogens is 336 g/mol. The maximum absolute atomic E-state index is 12.7. The Morgan fingerprint density at radius 3 is 2.68 bits per heavy atom. The predicted octanol–water partition coefficient (Wildman–Crippen LogP) is 2.47. The van der Waals surface area contributed by atoms with E-state index in [9.17, 15) is 4.79 Å². The molecule has 0 radical (unpaired) electrons. The molecule has 1 aliphatic heterocycles. The molecule has 0 N–H and O–H groups in total. The minimum atomic E-state index is 0.00257. The zero-order valence-electron chi connectivity index (χ0n) is 15.0. The van der Waals surface area contributed by atoms with Gasteiger partial charge in [-0.25, -0.2) is 9.97 Å². The van der Waals surface area contributed by atoms with E-state index < -0.39 is 0 Å². The van der Waals surface area contributed by atoms with Crippen LogP contribution in [0, 0.1) is 13.8 Å². The molecule has 0 atom stereocenters. The van der Waals surface area contributed by atoms with Crippen LogP contribution in [0.25, 0.3) is 0 Å². The predicted molar refractivity (Wildman–Crippen MR) is 98.0 cm³/mol. The number of hydrogen-bond acceptors (Lipinski definition) is 7. The number of piperidine rings is 1. The van der Waals surface area contributed by atoms with Crippen molar-refractivity contribution in [1.82, 2.24) is 24.5 Å². The summed E-state index contributed by atoms with van der Waals surface area (Å²) in [7, 11) is 0. The fraction of sp³-hybridized carbons (Fsp3) is 0.588. The van der Waals surface area contributed by atoms with Crippen molar-refractivity contribution in [3.05, 3.63) is 28.7 Å². The van der Waals surface area contributed by atoms with Crippen molar-refractivity contribution < 1.29 is 4.79 Å². The van der Waals surface area contributed by atoms with Crippen LogP contribution in [0.2, 0.25) is 0 Å². The number of nitrogens with zero attached hydrogens (tertiary/aromatic N) is 6. The number of carbonyl (C=O) groups is 1. The van der Waals surface area contributed by atoms with Crippen LogP contribution in [0.15, 0.2) is 11.4 Å². The van der Waals surface area contributed by atoms with Crippen LogP contribution in [0.3, 0.4) is 0 Å². The van der Waals surface area contributed by atoms with Crippen LogP contribution in [-0.2, 0) is 0 Å². The summed E-state index contributed by atoms with van der Waals surface area (Å²) >= 11 is 1.22. The van der Waals surface area contributed by atoms with Crippen LogP contribution >= 0.6 is 11.5 Å². The Balaban J connectivity index is 1.68. The quantitative estimate of drug-likeness (QED) is 0.815. The molecule has 0 aliphatic carbocycles. The lowest BCUT2D eigenvalue weighted by atomic mass is 10.0. The van der Waals surface area contributed by atoms with Crippen LogP contribution in [0.4, 0.5) is 5.82 Å². The average molecular weight is 360 g/mol. The fourth-order valence-electron chi connectivity index (χ4n) is 3.36. The van der Waals surface area contributed by atoms with Gasteiger partial charge in [0, 0.05) is 42.8 Å². The lowest BCUT2D eigenvalue weighted by Gasteiger charge is -2.38. The van der Waals surface area contributed by atoms with E-state index in [4.69, 9.17) is 0 Å². The first-order chi connectivity index (χ1) is 12.1. The Labute approximate surface area is 152 Å². The van der Waals surface area contributed by atoms with Crippen molar-refractivity contribution in [2.45, 2.75) is 46.1 Å². The molecule has 1 saturated heterocycles. The fourth-order valence-corrected chi connectivity index (χ4v) is 3.79. The van der Waals surface area contributed by atoms with E-state index in [2.05, 4.69) is 31.4 Å². The summed E-state index contributed by atoms with van der Waals surface area (Å²) in [5.41, 5.74) is 1.45. The molecule has 1 amide bonds. The average Bonchev–Trinajstić information content (AvgIpc) is 3.13. The lowest BCUT2D eigenvalue weighted by molar-refractivity contribution is 0.0643. The number of aryl methyl sites for hydroxylation is 2. The summed E-state index contributed by atoms with van der Waals surface area (Å²) in [5.74, 6) is 1.79. The third-order valence-electron chi connectivity index (χ3n) is 4.49. The standard InChI is InChI=1S/C17H24N6OS/c1-4-7-23(17(24)15-11-25-21-20-15)14-5-8-22(9-6-14)16-10-12(2)18-13(3)19-16/h10-11,14H,4-9H2,1-3H3. The van der Waals surface area contributed by atoms with Crippen molar-refractivity contribution in [2.24, 2.45) is 0 Å². The van der Waals surface area contributed by atoms with Gasteiger partial charge in [0.15, 0.2) is 5.69 Å². The van der Waals surface area contributed by atoms with E-state index >= 15 is 0 Å². The molecular formula is C17H24N6OS. The first-order valence-corrected chi connectivity index (χ1v) is 9.57. The molecule has 1 fully saturated rings. The Hall–Kier alpha value is -2.09. The SMILES string of the molecule is CCCN(C(=O)c1csnn1)C1CCN(c2cc(C)nc(C)n2)CC1. The number of anilines is 1. The number of carbonyl (C=O) groups excluding carboxylic acids is 1. The molecule has 7 nitrogen and oxygen atoms in total. The molecule has 2 aromatic heterocycles. The second-order valence-electron chi connectivity index (χ2n) is 6.42. The van der Waals surface area contributed by atoms with E-state index in [1.165, 1.54) is 11.5 Å². The van der Waals surface area contributed by atoms with E-state index in [0.29, 0.717) is 5.69 Å². The van der Waals surface area contributed by atoms with Gasteiger partial charge >= 0.3 is 0 Å². The van der Waals surface area contributed by atoms with Crippen molar-refractivity contribution >= 4 is 23.3 Å². The largest absolute Gasteiger partial charge is 0.356 e. The van der Waals surface area contributed by atoms with Gasteiger partial charge < -0.3 is 9.80 Å². The topological polar surface area (TPSA) is 75.1 Å². The number of hydrogen-bond donors (Lipinski definition) is 0. The minimum Gasteiger partial charge on any atom is -0.356 e. The van der Waals surface area contributed by atoms with Crippen molar-refractivity contribution in [1.29, 1.82) is 0 Å². The highest BCUT2D eigenvalue weighted by Gasteiger charge is 2.29. The Kier molecular flexibility index (Phi) is 5.57. The highest BCUT2D eigenvalue weighted by atomic mass is 32.1. The molecule has 3 heterocycles. The molecule has 25 heavy (non-hydrogen) atoms. The summed E-state index contributed by atoms with van der Waals surface area (Å²) in [5, 5.41) is 5.67. The number of amides is 1. The molecule has 2 aromatic rings. The molecule has 0 aromatic carbocycles. The maximum Gasteiger partial charge on any atom is 0.275 e. The summed E-state index contributed by atoms with van der Waals surface area (Å²) < 4.78 is 3.82. The third-order valence-corrected chi connectivity index (χ3v) is 4.99. The molecule has 1 aliphatic rings. The van der Waals surface area contributed by atoms with Crippen LogP contribution in [0.5, 0.6) is 0 Å². The summed E-state index contributed by atoms with van der Waals surface area (Å²) in [6.07, 6.45) is 2.81. The molecule has 8 heteroatoms. The highest BCUT2D eigenvalue weighted by Crippen LogP contribution is 2.23. The second-order valence-corrected chi connectivity index (χ2v) is 7.03. The van der Waals surface area contributed by atoms with Crippen LogP contribution in [-0.4, -0.2) is 56.0 Å². The molecule has 0 unspecified atom stereocenters. The Morgan fingerprint density at radius 1 is 1.32 bits per heavy atom. The van der Waals surface area contributed by atoms with Gasteiger partial charge in [-0.15, -0.1) is 5.10 Å².